The van der Waals surface area contributed by atoms with E-state index in [9.17, 15) is 9.59 Å². The minimum absolute atomic E-state index is 0.135. The van der Waals surface area contributed by atoms with Gasteiger partial charge in [0.15, 0.2) is 11.5 Å². The molecule has 2 aliphatic rings. The predicted molar refractivity (Wildman–Crippen MR) is 124 cm³/mol. The fourth-order valence-corrected chi connectivity index (χ4v) is 4.58. The fourth-order valence-electron chi connectivity index (χ4n) is 4.58. The molecule has 2 aliphatic heterocycles. The summed E-state index contributed by atoms with van der Waals surface area (Å²) in [5, 5.41) is 1.03. The van der Waals surface area contributed by atoms with E-state index in [0.29, 0.717) is 34.9 Å². The average Bonchev–Trinajstić information content (AvgIpc) is 3.36. The van der Waals surface area contributed by atoms with Crippen molar-refractivity contribution in [3.8, 4) is 11.5 Å². The van der Waals surface area contributed by atoms with Crippen molar-refractivity contribution in [1.82, 2.24) is 9.88 Å². The van der Waals surface area contributed by atoms with Gasteiger partial charge in [-0.15, -0.1) is 0 Å². The van der Waals surface area contributed by atoms with Gasteiger partial charge in [-0.3, -0.25) is 4.79 Å². The minimum atomic E-state index is -0.473. The van der Waals surface area contributed by atoms with Gasteiger partial charge in [0.25, 0.3) is 5.91 Å². The van der Waals surface area contributed by atoms with Crippen LogP contribution in [0.15, 0.2) is 48.7 Å². The Morgan fingerprint density at radius 1 is 1.09 bits per heavy atom. The number of fused-ring (bicyclic) bond motifs is 4. The van der Waals surface area contributed by atoms with Crippen LogP contribution in [0.1, 0.15) is 49.3 Å². The van der Waals surface area contributed by atoms with Gasteiger partial charge in [0.1, 0.15) is 0 Å². The predicted octanol–water partition coefficient (Wildman–Crippen LogP) is 4.62. The zero-order valence-corrected chi connectivity index (χ0v) is 19.1. The Balaban J connectivity index is 1.64. The number of aromatic nitrogens is 1. The molecule has 3 aromatic rings. The van der Waals surface area contributed by atoms with Crippen molar-refractivity contribution in [3.63, 3.8) is 0 Å². The summed E-state index contributed by atoms with van der Waals surface area (Å²) in [7, 11) is 0. The molecular weight excluding hydrogens is 420 g/mol. The smallest absolute Gasteiger partial charge is 0.342 e. The van der Waals surface area contributed by atoms with Crippen LogP contribution in [0.5, 0.6) is 11.5 Å². The molecule has 170 valence electrons. The monoisotopic (exact) mass is 446 g/mol. The Morgan fingerprint density at radius 3 is 2.64 bits per heavy atom. The summed E-state index contributed by atoms with van der Waals surface area (Å²) in [4.78, 5) is 31.8. The minimum Gasteiger partial charge on any atom is -0.459 e. The van der Waals surface area contributed by atoms with Gasteiger partial charge in [0.2, 0.25) is 6.79 Å². The molecule has 0 spiro atoms. The summed E-state index contributed by atoms with van der Waals surface area (Å²) in [6.45, 7) is 8.29. The number of rotatable bonds is 3. The number of para-hydroxylation sites is 1. The highest BCUT2D eigenvalue weighted by Crippen LogP contribution is 2.41. The summed E-state index contributed by atoms with van der Waals surface area (Å²) in [5.41, 5.74) is 2.96. The molecule has 1 amide bonds. The number of hydrogen-bond acceptors (Lipinski definition) is 5. The van der Waals surface area contributed by atoms with Crippen LogP contribution in [0.2, 0.25) is 0 Å². The molecular formula is C26H26N2O5. The molecule has 2 aromatic carbocycles. The molecule has 1 aromatic heterocycles. The van der Waals surface area contributed by atoms with E-state index < -0.39 is 11.4 Å². The molecule has 0 saturated carbocycles. The Kier molecular flexibility index (Phi) is 4.92. The molecule has 0 radical (unpaired) electrons. The summed E-state index contributed by atoms with van der Waals surface area (Å²) >= 11 is 0. The van der Waals surface area contributed by atoms with Crippen molar-refractivity contribution in [2.45, 2.75) is 39.2 Å². The van der Waals surface area contributed by atoms with Crippen LogP contribution in [-0.2, 0) is 14.9 Å². The number of ether oxygens (including phenoxy) is 3. The van der Waals surface area contributed by atoms with Crippen LogP contribution in [0.25, 0.3) is 16.5 Å². The number of nitrogens with zero attached hydrogens (tertiary/aromatic N) is 1. The number of esters is 1. The quantitative estimate of drug-likeness (QED) is 0.594. The third-order valence-electron chi connectivity index (χ3n) is 5.95. The molecule has 0 fully saturated rings. The second kappa shape index (κ2) is 7.69. The number of carbonyl (C=O) groups is 2. The van der Waals surface area contributed by atoms with E-state index in [-0.39, 0.29) is 18.8 Å². The van der Waals surface area contributed by atoms with Gasteiger partial charge in [-0.2, -0.15) is 0 Å². The van der Waals surface area contributed by atoms with Crippen LogP contribution >= 0.6 is 0 Å². The molecule has 0 saturated heterocycles. The second-order valence-corrected chi connectivity index (χ2v) is 9.30. The Labute approximate surface area is 191 Å². The third-order valence-corrected chi connectivity index (χ3v) is 5.95. The Morgan fingerprint density at radius 2 is 1.85 bits per heavy atom. The lowest BCUT2D eigenvalue weighted by molar-refractivity contribution is -0.140. The molecule has 1 N–H and O–H groups in total. The largest absolute Gasteiger partial charge is 0.459 e. The fraction of sp³-hybridized carbons (Fsp3) is 0.308. The van der Waals surface area contributed by atoms with Crippen molar-refractivity contribution < 1.29 is 23.8 Å². The van der Waals surface area contributed by atoms with E-state index >= 15 is 0 Å². The Bertz CT molecular complexity index is 1300. The average molecular weight is 447 g/mol. The van der Waals surface area contributed by atoms with Crippen molar-refractivity contribution in [1.29, 1.82) is 0 Å². The van der Waals surface area contributed by atoms with Gasteiger partial charge in [0.05, 0.1) is 17.4 Å². The molecule has 33 heavy (non-hydrogen) atoms. The van der Waals surface area contributed by atoms with Crippen molar-refractivity contribution in [2.24, 2.45) is 0 Å². The van der Waals surface area contributed by atoms with E-state index in [1.807, 2.05) is 24.3 Å². The van der Waals surface area contributed by atoms with E-state index in [1.54, 1.807) is 43.1 Å². The van der Waals surface area contributed by atoms with Crippen molar-refractivity contribution >= 4 is 28.4 Å². The maximum absolute atomic E-state index is 13.6. The van der Waals surface area contributed by atoms with Gasteiger partial charge >= 0.3 is 5.97 Å². The van der Waals surface area contributed by atoms with Gasteiger partial charge in [-0.1, -0.05) is 32.0 Å². The molecule has 0 aliphatic carbocycles. The summed E-state index contributed by atoms with van der Waals surface area (Å²) in [6, 6.07) is 13.1. The molecule has 7 heteroatoms. The summed E-state index contributed by atoms with van der Waals surface area (Å²) in [5.74, 6) is 0.445. The number of H-pyrrole nitrogens is 1. The highest BCUT2D eigenvalue weighted by atomic mass is 16.7. The van der Waals surface area contributed by atoms with Crippen LogP contribution in [-0.4, -0.2) is 41.2 Å². The normalized spacial score (nSPS) is 16.4. The molecule has 3 heterocycles. The SMILES string of the molecule is CC(C)OC(=O)C1=CN(C(=O)c2ccc3c(c2)OCO3)CC(C)(C)c2c1[nH]c1ccccc21. The van der Waals surface area contributed by atoms with Crippen LogP contribution in [0.4, 0.5) is 0 Å². The number of amides is 1. The molecule has 7 nitrogen and oxygen atoms in total. The maximum atomic E-state index is 13.6. The zero-order chi connectivity index (χ0) is 23.3. The Hall–Kier alpha value is -3.74. The number of aromatic amines is 1. The van der Waals surface area contributed by atoms with Gasteiger partial charge in [-0.25, -0.2) is 4.79 Å². The highest BCUT2D eigenvalue weighted by Gasteiger charge is 2.37. The van der Waals surface area contributed by atoms with Crippen LogP contribution in [0, 0.1) is 0 Å². The van der Waals surface area contributed by atoms with E-state index in [1.165, 1.54) is 0 Å². The van der Waals surface area contributed by atoms with Gasteiger partial charge in [-0.05, 0) is 43.7 Å². The topological polar surface area (TPSA) is 80.9 Å². The first-order chi connectivity index (χ1) is 15.7. The molecule has 0 unspecified atom stereocenters. The number of nitrogens with one attached hydrogen (secondary N) is 1. The maximum Gasteiger partial charge on any atom is 0.342 e. The first-order valence-corrected chi connectivity index (χ1v) is 11.0. The highest BCUT2D eigenvalue weighted by molar-refractivity contribution is 6.18. The van der Waals surface area contributed by atoms with Crippen LogP contribution in [0.3, 0.4) is 0 Å². The lowest BCUT2D eigenvalue weighted by Crippen LogP contribution is -2.36. The lowest BCUT2D eigenvalue weighted by atomic mass is 9.81. The first kappa shape index (κ1) is 21.1. The number of carbonyl (C=O) groups excluding carboxylic acids is 2. The van der Waals surface area contributed by atoms with Crippen molar-refractivity contribution in [3.05, 3.63) is 65.5 Å². The number of hydrogen-bond donors (Lipinski definition) is 1. The van der Waals surface area contributed by atoms with E-state index in [0.717, 1.165) is 16.5 Å². The van der Waals surface area contributed by atoms with Crippen molar-refractivity contribution in [2.75, 3.05) is 13.3 Å². The lowest BCUT2D eigenvalue weighted by Gasteiger charge is -2.29. The molecule has 0 bridgehead atoms. The van der Waals surface area contributed by atoms with E-state index in [4.69, 9.17) is 14.2 Å². The standard InChI is InChI=1S/C26H26N2O5/c1-15(2)33-25(30)18-12-28(24(29)16-9-10-20-21(11-16)32-14-31-20)13-26(3,4)22-17-7-5-6-8-19(17)27-23(18)22/h5-12,15,27H,13-14H2,1-4H3. The van der Waals surface area contributed by atoms with Crippen LogP contribution < -0.4 is 9.47 Å². The third kappa shape index (κ3) is 3.63. The summed E-state index contributed by atoms with van der Waals surface area (Å²) in [6.07, 6.45) is 1.32. The molecule has 5 rings (SSSR count). The second-order valence-electron chi connectivity index (χ2n) is 9.30. The number of benzene rings is 2. The van der Waals surface area contributed by atoms with Gasteiger partial charge in [0, 0.05) is 34.6 Å². The zero-order valence-electron chi connectivity index (χ0n) is 19.1. The summed E-state index contributed by atoms with van der Waals surface area (Å²) < 4.78 is 16.4. The first-order valence-electron chi connectivity index (χ1n) is 11.0. The molecule has 0 atom stereocenters. The van der Waals surface area contributed by atoms with E-state index in [2.05, 4.69) is 18.8 Å². The van der Waals surface area contributed by atoms with Gasteiger partial charge < -0.3 is 24.1 Å².